The Kier molecular flexibility index (Phi) is 6.41. The van der Waals surface area contributed by atoms with E-state index in [2.05, 4.69) is 17.5 Å². The van der Waals surface area contributed by atoms with Crippen molar-refractivity contribution in [2.24, 2.45) is 5.10 Å². The van der Waals surface area contributed by atoms with E-state index in [9.17, 15) is 4.79 Å². The van der Waals surface area contributed by atoms with Crippen LogP contribution in [-0.4, -0.2) is 23.3 Å². The second kappa shape index (κ2) is 9.38. The summed E-state index contributed by atoms with van der Waals surface area (Å²) in [4.78, 5) is 12.6. The fraction of sp³-hybridized carbons (Fsp3) is 0.182. The maximum Gasteiger partial charge on any atom is 0.273 e. The average molecular weight is 361 g/mol. The van der Waals surface area contributed by atoms with Crippen LogP contribution in [0.25, 0.3) is 5.69 Å². The summed E-state index contributed by atoms with van der Waals surface area (Å²) in [5.41, 5.74) is 4.79. The number of amides is 1. The lowest BCUT2D eigenvalue weighted by molar-refractivity contribution is 0.0955. The van der Waals surface area contributed by atoms with Crippen molar-refractivity contribution in [3.63, 3.8) is 0 Å². The van der Waals surface area contributed by atoms with Gasteiger partial charge in [-0.15, -0.1) is 0 Å². The summed E-state index contributed by atoms with van der Waals surface area (Å²) < 4.78 is 7.68. The molecule has 1 N–H and O–H groups in total. The molecule has 27 heavy (non-hydrogen) atoms. The minimum Gasteiger partial charge on any atom is -0.493 e. The van der Waals surface area contributed by atoms with Crippen LogP contribution in [0.1, 0.15) is 35.7 Å². The maximum atomic E-state index is 12.6. The van der Waals surface area contributed by atoms with Gasteiger partial charge in [0.05, 0.1) is 24.1 Å². The number of hydrazone groups is 1. The van der Waals surface area contributed by atoms with Gasteiger partial charge >= 0.3 is 0 Å². The van der Waals surface area contributed by atoms with Crippen LogP contribution in [0.2, 0.25) is 0 Å². The molecule has 3 rings (SSSR count). The van der Waals surface area contributed by atoms with Crippen LogP contribution in [0.15, 0.2) is 78.2 Å². The van der Waals surface area contributed by atoms with Crippen LogP contribution < -0.4 is 10.2 Å². The first-order chi connectivity index (χ1) is 13.3. The Labute approximate surface area is 159 Å². The number of rotatable bonds is 8. The first-order valence-corrected chi connectivity index (χ1v) is 9.07. The number of unbranched alkanes of at least 4 members (excludes halogenated alkanes) is 1. The molecule has 0 aliphatic rings. The molecule has 5 nitrogen and oxygen atoms in total. The van der Waals surface area contributed by atoms with E-state index in [0.717, 1.165) is 29.8 Å². The fourth-order valence-corrected chi connectivity index (χ4v) is 2.65. The molecule has 2 aromatic carbocycles. The van der Waals surface area contributed by atoms with Crippen molar-refractivity contribution in [3.05, 3.63) is 84.2 Å². The van der Waals surface area contributed by atoms with Crippen LogP contribution in [0.5, 0.6) is 5.75 Å². The molecular formula is C22H23N3O2. The number of aromatic nitrogens is 1. The van der Waals surface area contributed by atoms with E-state index < -0.39 is 0 Å². The summed E-state index contributed by atoms with van der Waals surface area (Å²) in [5, 5.41) is 4.12. The summed E-state index contributed by atoms with van der Waals surface area (Å²) in [6.45, 7) is 2.79. The lowest BCUT2D eigenvalue weighted by Gasteiger charge is -2.09. The Morgan fingerprint density at radius 3 is 2.63 bits per heavy atom. The van der Waals surface area contributed by atoms with Crippen LogP contribution in [0.4, 0.5) is 0 Å². The quantitative estimate of drug-likeness (QED) is 0.367. The van der Waals surface area contributed by atoms with Gasteiger partial charge in [0.25, 0.3) is 5.91 Å². The molecule has 0 fully saturated rings. The third-order valence-corrected chi connectivity index (χ3v) is 4.08. The summed E-state index contributed by atoms with van der Waals surface area (Å²) in [5.74, 6) is 0.497. The van der Waals surface area contributed by atoms with Crippen LogP contribution in [0.3, 0.4) is 0 Å². The van der Waals surface area contributed by atoms with E-state index in [1.165, 1.54) is 0 Å². The molecule has 0 atom stereocenters. The van der Waals surface area contributed by atoms with Gasteiger partial charge < -0.3 is 9.30 Å². The summed E-state index contributed by atoms with van der Waals surface area (Å²) in [6.07, 6.45) is 7.49. The van der Waals surface area contributed by atoms with Gasteiger partial charge in [0.1, 0.15) is 5.75 Å². The highest BCUT2D eigenvalue weighted by atomic mass is 16.5. The molecule has 0 bridgehead atoms. The molecular weight excluding hydrogens is 338 g/mol. The largest absolute Gasteiger partial charge is 0.493 e. The Hall–Kier alpha value is -3.34. The van der Waals surface area contributed by atoms with Crippen molar-refractivity contribution in [1.29, 1.82) is 0 Å². The molecule has 0 radical (unpaired) electrons. The molecule has 1 amide bonds. The molecule has 1 heterocycles. The van der Waals surface area contributed by atoms with Gasteiger partial charge in [0.2, 0.25) is 0 Å². The van der Waals surface area contributed by atoms with Gasteiger partial charge in [-0.05, 0) is 42.8 Å². The Morgan fingerprint density at radius 1 is 1.07 bits per heavy atom. The lowest BCUT2D eigenvalue weighted by Crippen LogP contribution is -2.19. The SMILES string of the molecule is CCCCOc1ccccc1/C=N/NC(=O)c1ccccc1-n1cccc1. The van der Waals surface area contributed by atoms with E-state index in [1.807, 2.05) is 71.6 Å². The topological polar surface area (TPSA) is 55.6 Å². The highest BCUT2D eigenvalue weighted by Crippen LogP contribution is 2.17. The number of para-hydroxylation sites is 2. The number of benzene rings is 2. The van der Waals surface area contributed by atoms with Gasteiger partial charge in [-0.2, -0.15) is 5.10 Å². The highest BCUT2D eigenvalue weighted by molar-refractivity contribution is 5.98. The van der Waals surface area contributed by atoms with Crippen molar-refractivity contribution >= 4 is 12.1 Å². The number of carbonyl (C=O) groups excluding carboxylic acids is 1. The number of carbonyl (C=O) groups is 1. The summed E-state index contributed by atoms with van der Waals surface area (Å²) in [7, 11) is 0. The third-order valence-electron chi connectivity index (χ3n) is 4.08. The third kappa shape index (κ3) is 4.85. The van der Waals surface area contributed by atoms with E-state index in [1.54, 1.807) is 12.3 Å². The number of hydrogen-bond acceptors (Lipinski definition) is 3. The molecule has 0 aliphatic heterocycles. The zero-order chi connectivity index (χ0) is 18.9. The Balaban J connectivity index is 1.70. The van der Waals surface area contributed by atoms with Gasteiger partial charge in [-0.3, -0.25) is 4.79 Å². The molecule has 5 heteroatoms. The summed E-state index contributed by atoms with van der Waals surface area (Å²) in [6, 6.07) is 18.9. The van der Waals surface area contributed by atoms with E-state index in [-0.39, 0.29) is 5.91 Å². The number of nitrogens with one attached hydrogen (secondary N) is 1. The van der Waals surface area contributed by atoms with Gasteiger partial charge in [-0.25, -0.2) is 5.43 Å². The lowest BCUT2D eigenvalue weighted by atomic mass is 10.1. The normalized spacial score (nSPS) is 10.9. The second-order valence-electron chi connectivity index (χ2n) is 6.05. The second-order valence-corrected chi connectivity index (χ2v) is 6.05. The highest BCUT2D eigenvalue weighted by Gasteiger charge is 2.11. The first-order valence-electron chi connectivity index (χ1n) is 9.07. The molecule has 138 valence electrons. The number of hydrogen-bond donors (Lipinski definition) is 1. The fourth-order valence-electron chi connectivity index (χ4n) is 2.65. The maximum absolute atomic E-state index is 12.6. The summed E-state index contributed by atoms with van der Waals surface area (Å²) >= 11 is 0. The number of ether oxygens (including phenoxy) is 1. The molecule has 0 saturated heterocycles. The predicted octanol–water partition coefficient (Wildman–Crippen LogP) is 4.42. The Morgan fingerprint density at radius 2 is 1.81 bits per heavy atom. The predicted molar refractivity (Wildman–Crippen MR) is 108 cm³/mol. The van der Waals surface area contributed by atoms with Crippen LogP contribution >= 0.6 is 0 Å². The monoisotopic (exact) mass is 361 g/mol. The van der Waals surface area contributed by atoms with E-state index >= 15 is 0 Å². The zero-order valence-corrected chi connectivity index (χ0v) is 15.3. The van der Waals surface area contributed by atoms with Crippen LogP contribution in [-0.2, 0) is 0 Å². The van der Waals surface area contributed by atoms with Crippen molar-refractivity contribution < 1.29 is 9.53 Å². The smallest absolute Gasteiger partial charge is 0.273 e. The molecule has 3 aromatic rings. The average Bonchev–Trinajstić information content (AvgIpc) is 3.24. The zero-order valence-electron chi connectivity index (χ0n) is 15.3. The van der Waals surface area contributed by atoms with Crippen molar-refractivity contribution in [2.45, 2.75) is 19.8 Å². The standard InChI is InChI=1S/C22H23N3O2/c1-2-3-16-27-21-13-7-4-10-18(21)17-23-24-22(26)19-11-5-6-12-20(19)25-14-8-9-15-25/h4-15,17H,2-3,16H2,1H3,(H,24,26)/b23-17+. The molecule has 0 spiro atoms. The van der Waals surface area contributed by atoms with E-state index in [0.29, 0.717) is 12.2 Å². The number of nitrogens with zero attached hydrogens (tertiary/aromatic N) is 2. The minimum atomic E-state index is -0.264. The van der Waals surface area contributed by atoms with Crippen molar-refractivity contribution in [2.75, 3.05) is 6.61 Å². The minimum absolute atomic E-state index is 0.264. The molecule has 0 aliphatic carbocycles. The first kappa shape index (κ1) is 18.5. The van der Waals surface area contributed by atoms with Crippen LogP contribution in [0, 0.1) is 0 Å². The van der Waals surface area contributed by atoms with Crippen molar-refractivity contribution in [1.82, 2.24) is 9.99 Å². The van der Waals surface area contributed by atoms with Gasteiger partial charge in [-0.1, -0.05) is 37.6 Å². The van der Waals surface area contributed by atoms with Gasteiger partial charge in [0, 0.05) is 18.0 Å². The van der Waals surface area contributed by atoms with E-state index in [4.69, 9.17) is 4.74 Å². The van der Waals surface area contributed by atoms with Crippen molar-refractivity contribution in [3.8, 4) is 11.4 Å². The Bertz CT molecular complexity index is 901. The molecule has 0 saturated carbocycles. The molecule has 1 aromatic heterocycles. The van der Waals surface area contributed by atoms with Gasteiger partial charge in [0.15, 0.2) is 0 Å². The molecule has 0 unspecified atom stereocenters.